The molecule has 0 fully saturated rings. The minimum absolute atomic E-state index is 0.234. The molecule has 1 aliphatic carbocycles. The van der Waals surface area contributed by atoms with Gasteiger partial charge in [-0.1, -0.05) is 48.0 Å². The van der Waals surface area contributed by atoms with E-state index in [0.717, 1.165) is 57.7 Å². The molecule has 0 aliphatic heterocycles. The number of imidazole rings is 1. The molecule has 1 unspecified atom stereocenters. The summed E-state index contributed by atoms with van der Waals surface area (Å²) in [5, 5.41) is 1.88. The van der Waals surface area contributed by atoms with Crippen molar-refractivity contribution in [2.75, 3.05) is 0 Å². The van der Waals surface area contributed by atoms with Crippen molar-refractivity contribution in [2.24, 2.45) is 0 Å². The van der Waals surface area contributed by atoms with Crippen LogP contribution in [0.1, 0.15) is 41.3 Å². The van der Waals surface area contributed by atoms with E-state index in [9.17, 15) is 0 Å². The fraction of sp³-hybridized carbons (Fsp3) is 0.214. The van der Waals surface area contributed by atoms with Gasteiger partial charge in [0.25, 0.3) is 0 Å². The number of halogens is 1. The monoisotopic (exact) mass is 468 g/mol. The molecule has 1 aliphatic rings. The number of ether oxygens (including phenoxy) is 1. The van der Waals surface area contributed by atoms with E-state index >= 15 is 0 Å². The van der Waals surface area contributed by atoms with E-state index in [4.69, 9.17) is 21.3 Å². The van der Waals surface area contributed by atoms with Gasteiger partial charge in [0, 0.05) is 28.2 Å². The van der Waals surface area contributed by atoms with Gasteiger partial charge in [0.2, 0.25) is 5.88 Å². The van der Waals surface area contributed by atoms with Gasteiger partial charge in [0.05, 0.1) is 35.5 Å². The molecule has 6 rings (SSSR count). The second-order valence-corrected chi connectivity index (χ2v) is 9.32. The minimum atomic E-state index is 0.234. The molecule has 5 aromatic rings. The van der Waals surface area contributed by atoms with Gasteiger partial charge in [-0.3, -0.25) is 0 Å². The summed E-state index contributed by atoms with van der Waals surface area (Å²) in [5.74, 6) is 0.610. The molecule has 1 N–H and O–H groups in total. The number of rotatable bonds is 5. The Labute approximate surface area is 203 Å². The number of benzene rings is 2. The molecule has 170 valence electrons. The number of hydrogen-bond acceptors (Lipinski definition) is 3. The van der Waals surface area contributed by atoms with Crippen LogP contribution in [-0.2, 0) is 13.0 Å². The topological polar surface area (TPSA) is 55.7 Å². The molecule has 3 aromatic heterocycles. The van der Waals surface area contributed by atoms with E-state index in [1.54, 1.807) is 0 Å². The predicted molar refractivity (Wildman–Crippen MR) is 135 cm³/mol. The first-order chi connectivity index (χ1) is 16.7. The molecule has 0 saturated carbocycles. The van der Waals surface area contributed by atoms with E-state index in [1.165, 1.54) is 11.1 Å². The number of aromatic amines is 1. The summed E-state index contributed by atoms with van der Waals surface area (Å²) in [4.78, 5) is 12.6. The number of aromatic nitrogens is 4. The summed E-state index contributed by atoms with van der Waals surface area (Å²) in [6.07, 6.45) is 9.14. The maximum Gasteiger partial charge on any atom is 0.214 e. The van der Waals surface area contributed by atoms with Crippen molar-refractivity contribution in [3.05, 3.63) is 101 Å². The fourth-order valence-electron chi connectivity index (χ4n) is 5.08. The molecule has 0 bridgehead atoms. The standard InChI is InChI=1S/C28H25ClN4O/c1-18-28(33(17-32-18)26-9-5-8-20-12-21(29)10-11-22(20)26)24-14-30-25-15-31-27(13-23(24)25)34-16-19-6-3-2-4-7-19/h2-4,6-7,10-15,17,26,30H,5,8-9,16H2,1H3. The van der Waals surface area contributed by atoms with Crippen LogP contribution in [0.25, 0.3) is 22.2 Å². The van der Waals surface area contributed by atoms with Crippen molar-refractivity contribution in [2.45, 2.75) is 38.8 Å². The Hall–Kier alpha value is -3.57. The molecular formula is C28H25ClN4O. The first-order valence-electron chi connectivity index (χ1n) is 11.6. The summed E-state index contributed by atoms with van der Waals surface area (Å²) in [6.45, 7) is 2.56. The zero-order chi connectivity index (χ0) is 23.1. The van der Waals surface area contributed by atoms with Gasteiger partial charge in [-0.05, 0) is 55.0 Å². The van der Waals surface area contributed by atoms with Crippen LogP contribution in [0, 0.1) is 6.92 Å². The van der Waals surface area contributed by atoms with Gasteiger partial charge < -0.3 is 14.3 Å². The normalized spacial score (nSPS) is 15.4. The summed E-state index contributed by atoms with van der Waals surface area (Å²) < 4.78 is 8.34. The van der Waals surface area contributed by atoms with E-state index in [-0.39, 0.29) is 6.04 Å². The zero-order valence-electron chi connectivity index (χ0n) is 19.0. The van der Waals surface area contributed by atoms with Crippen molar-refractivity contribution >= 4 is 22.5 Å². The lowest BCUT2D eigenvalue weighted by Crippen LogP contribution is -2.17. The predicted octanol–water partition coefficient (Wildman–Crippen LogP) is 6.89. The van der Waals surface area contributed by atoms with Gasteiger partial charge in [0.15, 0.2) is 0 Å². The number of H-pyrrole nitrogens is 1. The highest BCUT2D eigenvalue weighted by molar-refractivity contribution is 6.30. The number of nitrogens with zero attached hydrogens (tertiary/aromatic N) is 3. The van der Waals surface area contributed by atoms with Crippen LogP contribution >= 0.6 is 11.6 Å². The lowest BCUT2D eigenvalue weighted by molar-refractivity contribution is 0.294. The molecule has 2 aromatic carbocycles. The number of aryl methyl sites for hydroxylation is 2. The largest absolute Gasteiger partial charge is 0.473 e. The molecule has 0 saturated heterocycles. The Morgan fingerprint density at radius 1 is 1.12 bits per heavy atom. The SMILES string of the molecule is Cc1ncn(C2CCCc3cc(Cl)ccc32)c1-c1c[nH]c2cnc(OCc3ccccc3)cc12. The Bertz CT molecular complexity index is 1470. The Morgan fingerprint density at radius 2 is 2.00 bits per heavy atom. The summed E-state index contributed by atoms with van der Waals surface area (Å²) in [7, 11) is 0. The van der Waals surface area contributed by atoms with E-state index in [0.29, 0.717) is 12.5 Å². The van der Waals surface area contributed by atoms with Crippen LogP contribution in [0.15, 0.2) is 73.3 Å². The van der Waals surface area contributed by atoms with Crippen LogP contribution in [-0.4, -0.2) is 19.5 Å². The minimum Gasteiger partial charge on any atom is -0.473 e. The first kappa shape index (κ1) is 21.0. The van der Waals surface area contributed by atoms with Crippen molar-refractivity contribution in [3.63, 3.8) is 0 Å². The third-order valence-corrected chi connectivity index (χ3v) is 6.96. The average molecular weight is 469 g/mol. The Balaban J connectivity index is 1.39. The second-order valence-electron chi connectivity index (χ2n) is 8.88. The number of fused-ring (bicyclic) bond motifs is 2. The van der Waals surface area contributed by atoms with Gasteiger partial charge in [0.1, 0.15) is 6.61 Å². The van der Waals surface area contributed by atoms with Crippen molar-refractivity contribution in [1.29, 1.82) is 0 Å². The fourth-order valence-corrected chi connectivity index (χ4v) is 5.27. The van der Waals surface area contributed by atoms with Crippen LogP contribution < -0.4 is 4.74 Å². The van der Waals surface area contributed by atoms with Crippen LogP contribution in [0.3, 0.4) is 0 Å². The third-order valence-electron chi connectivity index (χ3n) is 6.73. The zero-order valence-corrected chi connectivity index (χ0v) is 19.7. The molecule has 0 amide bonds. The molecule has 5 nitrogen and oxygen atoms in total. The lowest BCUT2D eigenvalue weighted by atomic mass is 9.87. The smallest absolute Gasteiger partial charge is 0.214 e. The summed E-state index contributed by atoms with van der Waals surface area (Å²) in [5.41, 5.74) is 8.00. The third kappa shape index (κ3) is 3.76. The van der Waals surface area contributed by atoms with Crippen molar-refractivity contribution in [3.8, 4) is 17.1 Å². The van der Waals surface area contributed by atoms with Gasteiger partial charge >= 0.3 is 0 Å². The van der Waals surface area contributed by atoms with Gasteiger partial charge in [-0.15, -0.1) is 0 Å². The van der Waals surface area contributed by atoms with Crippen molar-refractivity contribution in [1.82, 2.24) is 19.5 Å². The molecule has 6 heteroatoms. The molecule has 0 radical (unpaired) electrons. The van der Waals surface area contributed by atoms with E-state index in [1.807, 2.05) is 42.9 Å². The quantitative estimate of drug-likeness (QED) is 0.305. The number of nitrogens with one attached hydrogen (secondary N) is 1. The maximum absolute atomic E-state index is 6.29. The van der Waals surface area contributed by atoms with Crippen LogP contribution in [0.5, 0.6) is 5.88 Å². The second kappa shape index (κ2) is 8.65. The van der Waals surface area contributed by atoms with E-state index in [2.05, 4.69) is 51.9 Å². The van der Waals surface area contributed by atoms with Gasteiger partial charge in [-0.25, -0.2) is 9.97 Å². The highest BCUT2D eigenvalue weighted by Crippen LogP contribution is 2.39. The molecule has 0 spiro atoms. The van der Waals surface area contributed by atoms with E-state index < -0.39 is 0 Å². The number of pyridine rings is 1. The molecular weight excluding hydrogens is 444 g/mol. The maximum atomic E-state index is 6.29. The first-order valence-corrected chi connectivity index (χ1v) is 12.0. The highest BCUT2D eigenvalue weighted by atomic mass is 35.5. The average Bonchev–Trinajstić information content (AvgIpc) is 3.45. The molecule has 34 heavy (non-hydrogen) atoms. The Kier molecular flexibility index (Phi) is 5.34. The summed E-state index contributed by atoms with van der Waals surface area (Å²) >= 11 is 6.29. The number of hydrogen-bond donors (Lipinski definition) is 1. The van der Waals surface area contributed by atoms with Gasteiger partial charge in [-0.2, -0.15) is 0 Å². The lowest BCUT2D eigenvalue weighted by Gasteiger charge is -2.28. The summed E-state index contributed by atoms with van der Waals surface area (Å²) in [6, 6.07) is 18.7. The van der Waals surface area contributed by atoms with Crippen LogP contribution in [0.4, 0.5) is 0 Å². The Morgan fingerprint density at radius 3 is 2.88 bits per heavy atom. The van der Waals surface area contributed by atoms with Crippen molar-refractivity contribution < 1.29 is 4.74 Å². The molecule has 1 atom stereocenters. The highest BCUT2D eigenvalue weighted by Gasteiger charge is 2.26. The van der Waals surface area contributed by atoms with Crippen LogP contribution in [0.2, 0.25) is 5.02 Å². The molecule has 3 heterocycles.